The van der Waals surface area contributed by atoms with E-state index in [9.17, 15) is 0 Å². The summed E-state index contributed by atoms with van der Waals surface area (Å²) >= 11 is 0. The van der Waals surface area contributed by atoms with Crippen molar-refractivity contribution in [3.05, 3.63) is 24.3 Å². The standard InChI is InChI=1S/C20H33NO/c1-2-3-4-5-9-15-22-20-14-10-13-19(16-20)21-17-18-11-7-6-8-12-18/h10,13-14,16,18,21H,2-9,11-12,15,17H2,1H3. The van der Waals surface area contributed by atoms with Crippen LogP contribution in [0, 0.1) is 5.92 Å². The Bertz CT molecular complexity index is 398. The molecule has 0 saturated heterocycles. The van der Waals surface area contributed by atoms with Gasteiger partial charge in [0.25, 0.3) is 0 Å². The monoisotopic (exact) mass is 303 g/mol. The van der Waals surface area contributed by atoms with Gasteiger partial charge in [-0.3, -0.25) is 0 Å². The van der Waals surface area contributed by atoms with Crippen molar-refractivity contribution in [1.29, 1.82) is 0 Å². The van der Waals surface area contributed by atoms with E-state index in [-0.39, 0.29) is 0 Å². The zero-order valence-corrected chi connectivity index (χ0v) is 14.3. The maximum Gasteiger partial charge on any atom is 0.121 e. The van der Waals surface area contributed by atoms with Crippen LogP contribution in [0.5, 0.6) is 5.75 Å². The third kappa shape index (κ3) is 6.72. The quantitative estimate of drug-likeness (QED) is 0.533. The fourth-order valence-electron chi connectivity index (χ4n) is 3.24. The Balaban J connectivity index is 1.65. The molecule has 2 nitrogen and oxygen atoms in total. The van der Waals surface area contributed by atoms with Gasteiger partial charge in [-0.2, -0.15) is 0 Å². The molecule has 124 valence electrons. The fourth-order valence-corrected chi connectivity index (χ4v) is 3.24. The van der Waals surface area contributed by atoms with Gasteiger partial charge in [-0.05, 0) is 37.3 Å². The molecule has 2 rings (SSSR count). The molecule has 0 aliphatic heterocycles. The van der Waals surface area contributed by atoms with E-state index in [1.165, 1.54) is 69.9 Å². The second-order valence-corrected chi connectivity index (χ2v) is 6.68. The van der Waals surface area contributed by atoms with Gasteiger partial charge in [0.2, 0.25) is 0 Å². The molecule has 0 heterocycles. The van der Waals surface area contributed by atoms with Crippen molar-refractivity contribution < 1.29 is 4.74 Å². The van der Waals surface area contributed by atoms with Gasteiger partial charge in [-0.25, -0.2) is 0 Å². The van der Waals surface area contributed by atoms with Gasteiger partial charge in [0, 0.05) is 18.3 Å². The summed E-state index contributed by atoms with van der Waals surface area (Å²) in [5, 5.41) is 3.59. The number of unbranched alkanes of at least 4 members (excludes halogenated alkanes) is 4. The van der Waals surface area contributed by atoms with Crippen LogP contribution < -0.4 is 10.1 Å². The maximum absolute atomic E-state index is 5.88. The SMILES string of the molecule is CCCCCCCOc1cccc(NCC2CCCCC2)c1. The summed E-state index contributed by atoms with van der Waals surface area (Å²) in [6, 6.07) is 8.46. The van der Waals surface area contributed by atoms with Crippen molar-refractivity contribution in [3.63, 3.8) is 0 Å². The zero-order chi connectivity index (χ0) is 15.5. The minimum atomic E-state index is 0.843. The highest BCUT2D eigenvalue weighted by atomic mass is 16.5. The third-order valence-electron chi connectivity index (χ3n) is 4.67. The first-order valence-electron chi connectivity index (χ1n) is 9.35. The Morgan fingerprint density at radius 3 is 2.68 bits per heavy atom. The summed E-state index contributed by atoms with van der Waals surface area (Å²) in [4.78, 5) is 0. The van der Waals surface area contributed by atoms with Crippen LogP contribution in [-0.2, 0) is 0 Å². The largest absolute Gasteiger partial charge is 0.494 e. The lowest BCUT2D eigenvalue weighted by molar-refractivity contribution is 0.304. The topological polar surface area (TPSA) is 21.3 Å². The van der Waals surface area contributed by atoms with Crippen LogP contribution in [0.3, 0.4) is 0 Å². The Morgan fingerprint density at radius 1 is 1.05 bits per heavy atom. The second-order valence-electron chi connectivity index (χ2n) is 6.68. The molecule has 1 aromatic rings. The van der Waals surface area contributed by atoms with Crippen LogP contribution in [0.4, 0.5) is 5.69 Å². The van der Waals surface area contributed by atoms with Gasteiger partial charge in [-0.15, -0.1) is 0 Å². The molecular formula is C20H33NO. The van der Waals surface area contributed by atoms with Crippen molar-refractivity contribution in [1.82, 2.24) is 0 Å². The molecular weight excluding hydrogens is 270 g/mol. The van der Waals surface area contributed by atoms with E-state index in [1.807, 2.05) is 0 Å². The smallest absolute Gasteiger partial charge is 0.121 e. The first-order valence-corrected chi connectivity index (χ1v) is 9.35. The highest BCUT2D eigenvalue weighted by molar-refractivity contribution is 5.48. The van der Waals surface area contributed by atoms with Crippen LogP contribution in [0.2, 0.25) is 0 Å². The van der Waals surface area contributed by atoms with E-state index in [0.29, 0.717) is 0 Å². The molecule has 1 N–H and O–H groups in total. The molecule has 1 saturated carbocycles. The van der Waals surface area contributed by atoms with Crippen molar-refractivity contribution in [2.75, 3.05) is 18.5 Å². The number of ether oxygens (including phenoxy) is 1. The Morgan fingerprint density at radius 2 is 1.86 bits per heavy atom. The summed E-state index contributed by atoms with van der Waals surface area (Å²) in [6.45, 7) is 4.21. The van der Waals surface area contributed by atoms with E-state index >= 15 is 0 Å². The molecule has 1 aromatic carbocycles. The number of hydrogen-bond donors (Lipinski definition) is 1. The maximum atomic E-state index is 5.88. The molecule has 0 atom stereocenters. The summed E-state index contributed by atoms with van der Waals surface area (Å²) in [5.41, 5.74) is 1.20. The van der Waals surface area contributed by atoms with E-state index in [4.69, 9.17) is 4.74 Å². The zero-order valence-electron chi connectivity index (χ0n) is 14.3. The molecule has 0 spiro atoms. The highest BCUT2D eigenvalue weighted by Gasteiger charge is 2.12. The fraction of sp³-hybridized carbons (Fsp3) is 0.700. The molecule has 0 aromatic heterocycles. The van der Waals surface area contributed by atoms with Crippen LogP contribution in [-0.4, -0.2) is 13.2 Å². The normalized spacial score (nSPS) is 15.7. The Hall–Kier alpha value is -1.18. The van der Waals surface area contributed by atoms with Gasteiger partial charge in [-0.1, -0.05) is 57.9 Å². The number of rotatable bonds is 10. The van der Waals surface area contributed by atoms with Gasteiger partial charge >= 0.3 is 0 Å². The lowest BCUT2D eigenvalue weighted by atomic mass is 9.89. The molecule has 0 radical (unpaired) electrons. The number of hydrogen-bond acceptors (Lipinski definition) is 2. The van der Waals surface area contributed by atoms with Gasteiger partial charge < -0.3 is 10.1 Å². The first kappa shape index (κ1) is 17.2. The van der Waals surface area contributed by atoms with Crippen LogP contribution in [0.15, 0.2) is 24.3 Å². The predicted octanol–water partition coefficient (Wildman–Crippen LogP) is 6.03. The lowest BCUT2D eigenvalue weighted by Crippen LogP contribution is -2.17. The first-order chi connectivity index (χ1) is 10.9. The minimum Gasteiger partial charge on any atom is -0.494 e. The number of nitrogens with one attached hydrogen (secondary N) is 1. The molecule has 2 heteroatoms. The second kappa shape index (κ2) is 10.5. The predicted molar refractivity (Wildman–Crippen MR) is 95.8 cm³/mol. The molecule has 22 heavy (non-hydrogen) atoms. The van der Waals surface area contributed by atoms with Crippen molar-refractivity contribution in [2.24, 2.45) is 5.92 Å². The van der Waals surface area contributed by atoms with Crippen LogP contribution in [0.25, 0.3) is 0 Å². The van der Waals surface area contributed by atoms with Gasteiger partial charge in [0.1, 0.15) is 5.75 Å². The van der Waals surface area contributed by atoms with E-state index in [0.717, 1.165) is 24.8 Å². The van der Waals surface area contributed by atoms with Gasteiger partial charge in [0.15, 0.2) is 0 Å². The van der Waals surface area contributed by atoms with Crippen LogP contribution >= 0.6 is 0 Å². The average molecular weight is 303 g/mol. The molecule has 0 unspecified atom stereocenters. The molecule has 0 amide bonds. The summed E-state index contributed by atoms with van der Waals surface area (Å²) in [7, 11) is 0. The van der Waals surface area contributed by atoms with Gasteiger partial charge in [0.05, 0.1) is 6.61 Å². The van der Waals surface area contributed by atoms with E-state index in [1.54, 1.807) is 0 Å². The lowest BCUT2D eigenvalue weighted by Gasteiger charge is -2.22. The molecule has 1 aliphatic carbocycles. The highest BCUT2D eigenvalue weighted by Crippen LogP contribution is 2.25. The average Bonchev–Trinajstić information content (AvgIpc) is 2.57. The number of anilines is 1. The molecule has 1 aliphatic rings. The molecule has 0 bridgehead atoms. The van der Waals surface area contributed by atoms with E-state index < -0.39 is 0 Å². The summed E-state index contributed by atoms with van der Waals surface area (Å²) < 4.78 is 5.88. The van der Waals surface area contributed by atoms with Crippen molar-refractivity contribution >= 4 is 5.69 Å². The Kier molecular flexibility index (Phi) is 8.22. The molecule has 1 fully saturated rings. The summed E-state index contributed by atoms with van der Waals surface area (Å²) in [5.74, 6) is 1.86. The van der Waals surface area contributed by atoms with E-state index in [2.05, 4.69) is 36.5 Å². The van der Waals surface area contributed by atoms with Crippen molar-refractivity contribution in [3.8, 4) is 5.75 Å². The summed E-state index contributed by atoms with van der Waals surface area (Å²) in [6.07, 6.45) is 13.5. The minimum absolute atomic E-state index is 0.843. The van der Waals surface area contributed by atoms with Crippen LogP contribution in [0.1, 0.15) is 71.1 Å². The Labute approximate surface area is 136 Å². The van der Waals surface area contributed by atoms with Crippen molar-refractivity contribution in [2.45, 2.75) is 71.1 Å². The number of benzene rings is 1. The third-order valence-corrected chi connectivity index (χ3v) is 4.67.